The van der Waals surface area contributed by atoms with Gasteiger partial charge in [-0.25, -0.2) is 0 Å². The van der Waals surface area contributed by atoms with Crippen molar-refractivity contribution >= 4 is 40.5 Å². The number of aliphatic imine (C=N–C) groups is 1. The number of rotatable bonds is 11. The van der Waals surface area contributed by atoms with Gasteiger partial charge in [-0.05, 0) is 34.6 Å². The van der Waals surface area contributed by atoms with E-state index < -0.39 is 0 Å². The Balaban J connectivity index is 1.34. The maximum Gasteiger partial charge on any atom is 0.161 e. The van der Waals surface area contributed by atoms with Crippen molar-refractivity contribution in [2.45, 2.75) is 66.7 Å². The third-order valence-corrected chi connectivity index (χ3v) is 12.1. The molecule has 9 heteroatoms. The maximum absolute atomic E-state index is 7.04. The first-order valence-electron chi connectivity index (χ1n) is 14.9. The number of hydrogen-bond acceptors (Lipinski definition) is 9. The topological polar surface area (TPSA) is 52.5 Å². The molecule has 228 valence electrons. The molecule has 0 radical (unpaired) electrons. The molecule has 3 aromatic rings. The predicted octanol–water partition coefficient (Wildman–Crippen LogP) is 6.70. The Kier molecular flexibility index (Phi) is 11.1. The van der Waals surface area contributed by atoms with Crippen LogP contribution in [0.4, 0.5) is 0 Å². The summed E-state index contributed by atoms with van der Waals surface area (Å²) < 4.78 is 27.8. The summed E-state index contributed by atoms with van der Waals surface area (Å²) in [4.78, 5) is 7.19. The maximum atomic E-state index is 7.04. The van der Waals surface area contributed by atoms with Crippen molar-refractivity contribution in [1.82, 2.24) is 4.90 Å². The Hall–Kier alpha value is -1.98. The Morgan fingerprint density at radius 1 is 0.767 bits per heavy atom. The minimum Gasteiger partial charge on any atom is -0.369 e. The van der Waals surface area contributed by atoms with Crippen LogP contribution in [-0.2, 0) is 38.8 Å². The molecule has 43 heavy (non-hydrogen) atoms. The molecule has 3 aliphatic rings. The fraction of sp³-hybridized carbons (Fsp3) is 0.441. The van der Waals surface area contributed by atoms with E-state index in [0.717, 1.165) is 33.4 Å². The molecule has 0 spiro atoms. The summed E-state index contributed by atoms with van der Waals surface area (Å²) in [6.07, 6.45) is 0.00453. The number of ether oxygens (including phenoxy) is 4. The van der Waals surface area contributed by atoms with Gasteiger partial charge in [0.1, 0.15) is 35.9 Å². The highest BCUT2D eigenvalue weighted by Crippen LogP contribution is 2.44. The van der Waals surface area contributed by atoms with E-state index in [1.54, 1.807) is 11.8 Å². The van der Waals surface area contributed by atoms with Crippen molar-refractivity contribution in [3.05, 3.63) is 108 Å². The molecule has 0 N–H and O–H groups in total. The second-order valence-electron chi connectivity index (χ2n) is 11.1. The summed E-state index contributed by atoms with van der Waals surface area (Å²) in [5, 5.41) is 0.953. The minimum absolute atomic E-state index is 0.179. The van der Waals surface area contributed by atoms with Gasteiger partial charge in [0.05, 0.1) is 24.4 Å². The van der Waals surface area contributed by atoms with E-state index in [0.29, 0.717) is 19.8 Å². The minimum atomic E-state index is -0.375. The quantitative estimate of drug-likeness (QED) is 0.231. The van der Waals surface area contributed by atoms with Crippen LogP contribution >= 0.6 is 35.3 Å². The molecule has 0 saturated carbocycles. The lowest BCUT2D eigenvalue weighted by atomic mass is 9.94. The van der Waals surface area contributed by atoms with Crippen LogP contribution in [0.15, 0.2) is 96.0 Å². The smallest absolute Gasteiger partial charge is 0.161 e. The van der Waals surface area contributed by atoms with Crippen molar-refractivity contribution in [1.29, 1.82) is 0 Å². The average molecular weight is 637 g/mol. The summed E-state index contributed by atoms with van der Waals surface area (Å²) in [6, 6.07) is 30.9. The third-order valence-electron chi connectivity index (χ3n) is 7.72. The van der Waals surface area contributed by atoms with Gasteiger partial charge in [-0.2, -0.15) is 0 Å². The van der Waals surface area contributed by atoms with Crippen LogP contribution in [0.2, 0.25) is 0 Å². The van der Waals surface area contributed by atoms with E-state index >= 15 is 0 Å². The van der Waals surface area contributed by atoms with Crippen LogP contribution in [0.3, 0.4) is 0 Å². The van der Waals surface area contributed by atoms with E-state index in [1.807, 2.05) is 55.8 Å². The summed E-state index contributed by atoms with van der Waals surface area (Å²) >= 11 is 5.63. The first-order valence-corrected chi connectivity index (χ1v) is 17.9. The first-order chi connectivity index (χ1) is 21.2. The highest BCUT2D eigenvalue weighted by Gasteiger charge is 2.54. The van der Waals surface area contributed by atoms with Gasteiger partial charge in [0.2, 0.25) is 0 Å². The SMILES string of the molecule is CN(C)C1=N[C@@H]2[C@@H](OCc3ccccc3)[C@H](OCc3ccccc3)[C@@H]([C@@H](OCc3ccccc3)C3SCCCS3)O[C@@H]2S1. The third kappa shape index (κ3) is 8.00. The van der Waals surface area contributed by atoms with E-state index in [2.05, 4.69) is 77.7 Å². The molecule has 0 unspecified atom stereocenters. The highest BCUT2D eigenvalue weighted by atomic mass is 32.2. The predicted molar refractivity (Wildman–Crippen MR) is 180 cm³/mol. The molecule has 6 atom stereocenters. The summed E-state index contributed by atoms with van der Waals surface area (Å²) in [7, 11) is 4.07. The average Bonchev–Trinajstić information content (AvgIpc) is 3.50. The Morgan fingerprint density at radius 2 is 1.30 bits per heavy atom. The largest absolute Gasteiger partial charge is 0.369 e. The second-order valence-corrected chi connectivity index (χ2v) is 15.0. The number of thioether (sulfide) groups is 3. The molecular weight excluding hydrogens is 597 g/mol. The van der Waals surface area contributed by atoms with Crippen LogP contribution < -0.4 is 0 Å². The van der Waals surface area contributed by atoms with Crippen molar-refractivity contribution in [3.8, 4) is 0 Å². The van der Waals surface area contributed by atoms with Gasteiger partial charge in [0, 0.05) is 14.1 Å². The zero-order valence-corrected chi connectivity index (χ0v) is 27.1. The molecule has 2 saturated heterocycles. The molecule has 0 aliphatic carbocycles. The number of benzene rings is 3. The monoisotopic (exact) mass is 636 g/mol. The molecule has 0 bridgehead atoms. The fourth-order valence-corrected chi connectivity index (χ4v) is 9.75. The molecule has 3 aromatic carbocycles. The first kappa shape index (κ1) is 31.0. The van der Waals surface area contributed by atoms with Gasteiger partial charge < -0.3 is 23.8 Å². The van der Waals surface area contributed by atoms with E-state index in [4.69, 9.17) is 23.9 Å². The molecule has 0 aromatic heterocycles. The molecule has 0 amide bonds. The van der Waals surface area contributed by atoms with Gasteiger partial charge >= 0.3 is 0 Å². The van der Waals surface area contributed by atoms with Crippen molar-refractivity contribution < 1.29 is 18.9 Å². The normalized spacial score (nSPS) is 26.5. The summed E-state index contributed by atoms with van der Waals surface area (Å²) in [5.41, 5.74) is 3.22. The van der Waals surface area contributed by atoms with Gasteiger partial charge in [0.15, 0.2) is 5.17 Å². The van der Waals surface area contributed by atoms with E-state index in [9.17, 15) is 0 Å². The summed E-state index contributed by atoms with van der Waals surface area (Å²) in [6.45, 7) is 1.46. The fourth-order valence-electron chi connectivity index (χ4n) is 5.54. The second kappa shape index (κ2) is 15.3. The zero-order chi connectivity index (χ0) is 29.4. The number of nitrogens with zero attached hydrogens (tertiary/aromatic N) is 2. The lowest BCUT2D eigenvalue weighted by molar-refractivity contribution is -0.225. The van der Waals surface area contributed by atoms with Gasteiger partial charge in [0.25, 0.3) is 0 Å². The number of hydrogen-bond donors (Lipinski definition) is 0. The summed E-state index contributed by atoms with van der Waals surface area (Å²) in [5.74, 6) is 2.24. The standard InChI is InChI=1S/C34H40N2O4S3/c1-36(2)34-35-27-28(37-21-24-13-6-3-7-14-24)29(38-22-25-15-8-4-9-16-25)30(40-32(27)43-34)31(33-41-19-12-20-42-33)39-23-26-17-10-5-11-18-26/h3-11,13-18,27-33H,12,19-23H2,1-2H3/t27-,28-,29+,30+,31-,32-/m1/s1. The van der Waals surface area contributed by atoms with E-state index in [-0.39, 0.29) is 40.5 Å². The van der Waals surface area contributed by atoms with Crippen LogP contribution in [0, 0.1) is 0 Å². The molecule has 3 aliphatic heterocycles. The zero-order valence-electron chi connectivity index (χ0n) is 24.7. The van der Waals surface area contributed by atoms with E-state index in [1.165, 1.54) is 6.42 Å². The van der Waals surface area contributed by atoms with Crippen LogP contribution in [0.1, 0.15) is 23.1 Å². The van der Waals surface area contributed by atoms with Crippen LogP contribution in [0.25, 0.3) is 0 Å². The number of fused-ring (bicyclic) bond motifs is 1. The van der Waals surface area contributed by atoms with Gasteiger partial charge in [-0.3, -0.25) is 4.99 Å². The van der Waals surface area contributed by atoms with Crippen molar-refractivity contribution in [3.63, 3.8) is 0 Å². The Morgan fingerprint density at radius 3 is 1.86 bits per heavy atom. The molecule has 6 nitrogen and oxygen atoms in total. The Labute approximate surface area is 268 Å². The number of amidine groups is 1. The van der Waals surface area contributed by atoms with Crippen molar-refractivity contribution in [2.24, 2.45) is 4.99 Å². The van der Waals surface area contributed by atoms with Crippen LogP contribution in [0.5, 0.6) is 0 Å². The molecule has 2 fully saturated rings. The van der Waals surface area contributed by atoms with Crippen LogP contribution in [-0.4, -0.2) is 76.1 Å². The Bertz CT molecular complexity index is 1290. The highest BCUT2D eigenvalue weighted by molar-refractivity contribution is 8.17. The van der Waals surface area contributed by atoms with Crippen molar-refractivity contribution in [2.75, 3.05) is 25.6 Å². The molecule has 3 heterocycles. The molecular formula is C34H40N2O4S3. The van der Waals surface area contributed by atoms with Gasteiger partial charge in [-0.15, -0.1) is 23.5 Å². The van der Waals surface area contributed by atoms with Gasteiger partial charge in [-0.1, -0.05) is 103 Å². The molecule has 6 rings (SSSR count). The lowest BCUT2D eigenvalue weighted by Gasteiger charge is -2.47. The lowest BCUT2D eigenvalue weighted by Crippen LogP contribution is -2.61.